The summed E-state index contributed by atoms with van der Waals surface area (Å²) in [5.41, 5.74) is 4.68. The maximum Gasteiger partial charge on any atom is 0.251 e. The highest BCUT2D eigenvalue weighted by molar-refractivity contribution is 7.08. The fourth-order valence-electron chi connectivity index (χ4n) is 7.16. The summed E-state index contributed by atoms with van der Waals surface area (Å²) in [5.74, 6) is 1.39. The van der Waals surface area contributed by atoms with Crippen LogP contribution in [0.15, 0.2) is 59.3 Å². The van der Waals surface area contributed by atoms with E-state index < -0.39 is 0 Å². The molecule has 1 amide bonds. The van der Waals surface area contributed by atoms with Crippen molar-refractivity contribution in [2.75, 3.05) is 7.05 Å². The Bertz CT molecular complexity index is 1430. The number of aromatic amines is 1. The molecule has 4 aromatic rings. The number of benzene rings is 2. The van der Waals surface area contributed by atoms with Crippen LogP contribution in [-0.2, 0) is 0 Å². The molecule has 2 aromatic heterocycles. The number of nitrogens with one attached hydrogen (secondary N) is 2. The number of piperidine rings is 1. The predicted molar refractivity (Wildman–Crippen MR) is 156 cm³/mol. The molecule has 2 saturated heterocycles. The van der Waals surface area contributed by atoms with E-state index in [1.54, 1.807) is 11.3 Å². The van der Waals surface area contributed by atoms with Crippen LogP contribution >= 0.6 is 11.3 Å². The smallest absolute Gasteiger partial charge is 0.251 e. The van der Waals surface area contributed by atoms with E-state index in [2.05, 4.69) is 68.6 Å². The Hall–Kier alpha value is -3.16. The summed E-state index contributed by atoms with van der Waals surface area (Å²) >= 11 is 1.69. The second-order valence-electron chi connectivity index (χ2n) is 11.7. The molecule has 6 nitrogen and oxygen atoms in total. The molecule has 202 valence electrons. The number of rotatable bonds is 7. The molecule has 1 saturated carbocycles. The molecule has 0 radical (unpaired) electrons. The summed E-state index contributed by atoms with van der Waals surface area (Å²) in [6, 6.07) is 17.6. The van der Waals surface area contributed by atoms with Crippen LogP contribution in [0.3, 0.4) is 0 Å². The van der Waals surface area contributed by atoms with Crippen molar-refractivity contribution in [2.24, 2.45) is 5.92 Å². The van der Waals surface area contributed by atoms with Gasteiger partial charge in [0, 0.05) is 28.6 Å². The summed E-state index contributed by atoms with van der Waals surface area (Å²) in [4.78, 5) is 16.0. The molecule has 2 N–H and O–H groups in total. The zero-order valence-corrected chi connectivity index (χ0v) is 23.3. The fraction of sp³-hybridized carbons (Fsp3) is 0.438. The van der Waals surface area contributed by atoms with Gasteiger partial charge < -0.3 is 15.0 Å². The largest absolute Gasteiger partial charge is 0.490 e. The van der Waals surface area contributed by atoms with E-state index in [0.29, 0.717) is 29.7 Å². The Kier molecular flexibility index (Phi) is 6.65. The van der Waals surface area contributed by atoms with Crippen molar-refractivity contribution in [3.05, 3.63) is 70.4 Å². The highest BCUT2D eigenvalue weighted by Gasteiger charge is 2.39. The molecule has 2 bridgehead atoms. The van der Waals surface area contributed by atoms with Gasteiger partial charge >= 0.3 is 0 Å². The number of carbonyl (C=O) groups excluding carboxylic acids is 1. The first-order valence-corrected chi connectivity index (χ1v) is 15.4. The second kappa shape index (κ2) is 10.4. The van der Waals surface area contributed by atoms with Crippen LogP contribution in [-0.4, -0.2) is 46.2 Å². The van der Waals surface area contributed by atoms with Crippen LogP contribution < -0.4 is 10.1 Å². The molecule has 0 spiro atoms. The topological polar surface area (TPSA) is 70.2 Å². The first-order valence-electron chi connectivity index (χ1n) is 14.4. The van der Waals surface area contributed by atoms with E-state index in [1.165, 1.54) is 44.1 Å². The lowest BCUT2D eigenvalue weighted by molar-refractivity contribution is 0.0662. The molecule has 7 heteroatoms. The number of thiophene rings is 1. The zero-order chi connectivity index (χ0) is 26.3. The summed E-state index contributed by atoms with van der Waals surface area (Å²) in [5, 5.41) is 16.4. The van der Waals surface area contributed by atoms with E-state index in [0.717, 1.165) is 40.8 Å². The quantitative estimate of drug-likeness (QED) is 0.266. The number of nitrogens with zero attached hydrogens (tertiary/aromatic N) is 2. The molecule has 0 unspecified atom stereocenters. The van der Waals surface area contributed by atoms with Crippen LogP contribution in [0.2, 0.25) is 0 Å². The van der Waals surface area contributed by atoms with Crippen LogP contribution in [0.1, 0.15) is 73.3 Å². The summed E-state index contributed by atoms with van der Waals surface area (Å²) in [7, 11) is 2.26. The predicted octanol–water partition coefficient (Wildman–Crippen LogP) is 6.96. The summed E-state index contributed by atoms with van der Waals surface area (Å²) < 4.78 is 6.40. The number of amides is 1. The highest BCUT2D eigenvalue weighted by Crippen LogP contribution is 2.38. The molecule has 4 atom stereocenters. The molecule has 1 aliphatic carbocycles. The third kappa shape index (κ3) is 4.87. The van der Waals surface area contributed by atoms with E-state index >= 15 is 0 Å². The fourth-order valence-corrected chi connectivity index (χ4v) is 7.85. The Morgan fingerprint density at radius 3 is 2.54 bits per heavy atom. The first kappa shape index (κ1) is 24.9. The zero-order valence-electron chi connectivity index (χ0n) is 22.4. The average Bonchev–Trinajstić information content (AvgIpc) is 3.76. The molecule has 7 rings (SSSR count). The number of hydrogen-bond acceptors (Lipinski definition) is 5. The molecule has 2 aliphatic heterocycles. The van der Waals surface area contributed by atoms with Crippen molar-refractivity contribution in [3.8, 4) is 17.0 Å². The first-order chi connectivity index (χ1) is 19.1. The molecular formula is C32H36N4O2S. The van der Waals surface area contributed by atoms with Crippen LogP contribution in [0.5, 0.6) is 5.75 Å². The van der Waals surface area contributed by atoms with Gasteiger partial charge in [-0.25, -0.2) is 0 Å². The van der Waals surface area contributed by atoms with E-state index in [-0.39, 0.29) is 11.9 Å². The van der Waals surface area contributed by atoms with Crippen molar-refractivity contribution in [1.82, 2.24) is 20.4 Å². The third-order valence-corrected chi connectivity index (χ3v) is 10.1. The van der Waals surface area contributed by atoms with Gasteiger partial charge in [-0.15, -0.1) is 0 Å². The monoisotopic (exact) mass is 540 g/mol. The molecule has 2 aromatic carbocycles. The van der Waals surface area contributed by atoms with Gasteiger partial charge in [0.05, 0.1) is 17.3 Å². The minimum absolute atomic E-state index is 0.0250. The molecule has 4 heterocycles. The Balaban J connectivity index is 1.08. The lowest BCUT2D eigenvalue weighted by Gasteiger charge is -2.36. The van der Waals surface area contributed by atoms with Gasteiger partial charge in [-0.1, -0.05) is 12.8 Å². The number of aromatic nitrogens is 2. The van der Waals surface area contributed by atoms with E-state index in [9.17, 15) is 4.79 Å². The van der Waals surface area contributed by atoms with Crippen molar-refractivity contribution in [1.29, 1.82) is 0 Å². The Labute approximate surface area is 233 Å². The third-order valence-electron chi connectivity index (χ3n) is 9.37. The van der Waals surface area contributed by atoms with Gasteiger partial charge in [-0.3, -0.25) is 9.89 Å². The van der Waals surface area contributed by atoms with Gasteiger partial charge in [0.25, 0.3) is 5.91 Å². The number of fused-ring (bicyclic) bond motifs is 3. The lowest BCUT2D eigenvalue weighted by Crippen LogP contribution is -2.43. The van der Waals surface area contributed by atoms with Crippen molar-refractivity contribution in [3.63, 3.8) is 0 Å². The van der Waals surface area contributed by atoms with Crippen LogP contribution in [0.25, 0.3) is 22.2 Å². The normalized spacial score (nSPS) is 24.3. The molecule has 3 aliphatic rings. The van der Waals surface area contributed by atoms with Gasteiger partial charge in [0.1, 0.15) is 11.9 Å². The molecular weight excluding hydrogens is 504 g/mol. The van der Waals surface area contributed by atoms with Gasteiger partial charge in [0.2, 0.25) is 0 Å². The lowest BCUT2D eigenvalue weighted by atomic mass is 9.93. The highest BCUT2D eigenvalue weighted by atomic mass is 32.1. The Morgan fingerprint density at radius 1 is 1.05 bits per heavy atom. The second-order valence-corrected chi connectivity index (χ2v) is 12.5. The van der Waals surface area contributed by atoms with Gasteiger partial charge in [-0.05, 0) is 116 Å². The number of carbonyl (C=O) groups is 1. The minimum Gasteiger partial charge on any atom is -0.490 e. The van der Waals surface area contributed by atoms with Crippen molar-refractivity contribution < 1.29 is 9.53 Å². The van der Waals surface area contributed by atoms with E-state index in [4.69, 9.17) is 4.74 Å². The number of H-pyrrole nitrogens is 1. The van der Waals surface area contributed by atoms with Crippen LogP contribution in [0.4, 0.5) is 0 Å². The van der Waals surface area contributed by atoms with Crippen molar-refractivity contribution in [2.45, 2.75) is 75.6 Å². The van der Waals surface area contributed by atoms with E-state index in [1.807, 2.05) is 18.2 Å². The van der Waals surface area contributed by atoms with Crippen molar-refractivity contribution >= 4 is 28.1 Å². The summed E-state index contributed by atoms with van der Waals surface area (Å²) in [6.07, 6.45) is 9.93. The molecule has 39 heavy (non-hydrogen) atoms. The standard InChI is InChI=1S/C32H36N4O2S/c1-36-24-9-10-25(36)18-27(17-24)38-26-11-6-21(7-12-26)31-28-16-22(8-13-29(28)34-35-31)32(37)33-30(20-4-2-3-5-20)23-14-15-39-19-23/h6-8,11-16,19-20,24-25,27,30H,2-5,9-10,17-18H2,1H3,(H,33,37)(H,34,35)/t24-,25+,27+,30-/m0/s1. The SMILES string of the molecule is CN1[C@@H]2CC[C@H]1C[C@@H](Oc1ccc(-c3n[nH]c4ccc(C(=O)N[C@H](c5ccsc5)C5CCCC5)cc34)cc1)C2. The maximum absolute atomic E-state index is 13.5. The molecule has 3 fully saturated rings. The van der Waals surface area contributed by atoms with Gasteiger partial charge in [-0.2, -0.15) is 16.4 Å². The number of ether oxygens (including phenoxy) is 1. The maximum atomic E-state index is 13.5. The Morgan fingerprint density at radius 2 is 1.82 bits per heavy atom. The van der Waals surface area contributed by atoms with Gasteiger partial charge in [0.15, 0.2) is 0 Å². The number of hydrogen-bond donors (Lipinski definition) is 2. The van der Waals surface area contributed by atoms with Crippen LogP contribution in [0, 0.1) is 5.92 Å². The summed E-state index contributed by atoms with van der Waals surface area (Å²) in [6.45, 7) is 0. The minimum atomic E-state index is -0.0250. The average molecular weight is 541 g/mol.